The van der Waals surface area contributed by atoms with Crippen LogP contribution in [0.25, 0.3) is 0 Å². The van der Waals surface area contributed by atoms with Gasteiger partial charge in [0.2, 0.25) is 0 Å². The van der Waals surface area contributed by atoms with Crippen LogP contribution in [0.4, 0.5) is 0 Å². The predicted octanol–water partition coefficient (Wildman–Crippen LogP) is 6.55. The van der Waals surface area contributed by atoms with E-state index in [0.717, 1.165) is 38.5 Å². The molecule has 1 atom stereocenters. The van der Waals surface area contributed by atoms with Crippen molar-refractivity contribution in [2.24, 2.45) is 17.8 Å². The third-order valence-corrected chi connectivity index (χ3v) is 7.27. The first-order valence-electron chi connectivity index (χ1n) is 11.5. The minimum absolute atomic E-state index is 0.127. The molecule has 1 aromatic carbocycles. The van der Waals surface area contributed by atoms with E-state index < -0.39 is 0 Å². The van der Waals surface area contributed by atoms with E-state index in [4.69, 9.17) is 5.26 Å². The minimum Gasteiger partial charge on any atom is -0.393 e. The van der Waals surface area contributed by atoms with Gasteiger partial charge in [-0.05, 0) is 99.0 Å². The van der Waals surface area contributed by atoms with Gasteiger partial charge in [0.25, 0.3) is 0 Å². The van der Waals surface area contributed by atoms with Gasteiger partial charge in [-0.3, -0.25) is 0 Å². The largest absolute Gasteiger partial charge is 0.393 e. The summed E-state index contributed by atoms with van der Waals surface area (Å²) < 4.78 is 0. The highest BCUT2D eigenvalue weighted by Gasteiger charge is 2.33. The molecule has 0 aromatic heterocycles. The number of allylic oxidation sites excluding steroid dienone is 2. The molecule has 2 heteroatoms. The molecule has 2 aliphatic rings. The Morgan fingerprint density at radius 2 is 1.61 bits per heavy atom. The third-order valence-electron chi connectivity index (χ3n) is 7.27. The average Bonchev–Trinajstić information content (AvgIpc) is 2.76. The zero-order valence-corrected chi connectivity index (χ0v) is 17.5. The smallest absolute Gasteiger partial charge is 0.0908 e. The lowest BCUT2D eigenvalue weighted by Gasteiger charge is -2.37. The lowest BCUT2D eigenvalue weighted by molar-refractivity contribution is 0.0127. The average molecular weight is 380 g/mol. The first kappa shape index (κ1) is 21.1. The van der Waals surface area contributed by atoms with Crippen LogP contribution in [-0.2, 0) is 6.42 Å². The Kier molecular flexibility index (Phi) is 8.16. The number of nitriles is 1. The molecule has 0 amide bonds. The van der Waals surface area contributed by atoms with Gasteiger partial charge in [-0.25, -0.2) is 0 Å². The van der Waals surface area contributed by atoms with Crippen LogP contribution in [0.3, 0.4) is 0 Å². The first-order valence-corrected chi connectivity index (χ1v) is 11.5. The molecule has 1 N–H and O–H groups in total. The van der Waals surface area contributed by atoms with Crippen LogP contribution >= 0.6 is 0 Å². The quantitative estimate of drug-likeness (QED) is 0.546. The molecule has 0 aliphatic heterocycles. The second-order valence-corrected chi connectivity index (χ2v) is 9.11. The first-order chi connectivity index (χ1) is 13.7. The summed E-state index contributed by atoms with van der Waals surface area (Å²) in [5.41, 5.74) is 2.97. The highest BCUT2D eigenvalue weighted by atomic mass is 16.3. The van der Waals surface area contributed by atoms with Crippen molar-refractivity contribution in [1.82, 2.24) is 0 Å². The van der Waals surface area contributed by atoms with E-state index in [1.165, 1.54) is 43.2 Å². The Morgan fingerprint density at radius 3 is 2.18 bits per heavy atom. The second kappa shape index (κ2) is 10.8. The molecule has 3 rings (SSSR count). The highest BCUT2D eigenvalue weighted by Crippen LogP contribution is 2.41. The number of hydrogen-bond acceptors (Lipinski definition) is 2. The summed E-state index contributed by atoms with van der Waals surface area (Å²) in [6.07, 6.45) is 16.5. The summed E-state index contributed by atoms with van der Waals surface area (Å²) in [6, 6.07) is 11.4. The van der Waals surface area contributed by atoms with E-state index in [2.05, 4.69) is 43.3 Å². The fourth-order valence-electron chi connectivity index (χ4n) is 5.37. The van der Waals surface area contributed by atoms with Gasteiger partial charge in [0.15, 0.2) is 0 Å². The lowest BCUT2D eigenvalue weighted by atomic mass is 9.70. The van der Waals surface area contributed by atoms with Gasteiger partial charge < -0.3 is 5.11 Å². The summed E-state index contributed by atoms with van der Waals surface area (Å²) in [7, 11) is 0. The number of rotatable bonds is 7. The molecule has 0 radical (unpaired) electrons. The van der Waals surface area contributed by atoms with Gasteiger partial charge >= 0.3 is 0 Å². The number of nitrogens with zero attached hydrogens (tertiary/aromatic N) is 1. The Hall–Kier alpha value is -1.59. The van der Waals surface area contributed by atoms with Gasteiger partial charge in [-0.1, -0.05) is 43.7 Å². The van der Waals surface area contributed by atoms with Crippen LogP contribution in [0, 0.1) is 29.1 Å². The number of benzene rings is 1. The third kappa shape index (κ3) is 5.71. The maximum Gasteiger partial charge on any atom is 0.0908 e. The molecule has 1 unspecified atom stereocenters. The number of hydrogen-bond donors (Lipinski definition) is 1. The van der Waals surface area contributed by atoms with Crippen molar-refractivity contribution in [2.45, 2.75) is 89.6 Å². The standard InChI is InChI=1S/C26H37NO/c1-2-3-5-20-7-11-22(12-8-20)23-15-17-25(18-16-23)26(28)24-13-9-21(10-14-24)6-4-19-27/h4,6-8,11-12,21,23-26,28H,2-3,5,9-10,13-18H2,1H3. The summed E-state index contributed by atoms with van der Waals surface area (Å²) in [6.45, 7) is 2.25. The molecule has 0 heterocycles. The predicted molar refractivity (Wildman–Crippen MR) is 116 cm³/mol. The van der Waals surface area contributed by atoms with Crippen molar-refractivity contribution < 1.29 is 5.11 Å². The number of aliphatic hydroxyl groups is 1. The van der Waals surface area contributed by atoms with E-state index in [1.54, 1.807) is 6.08 Å². The van der Waals surface area contributed by atoms with E-state index in [0.29, 0.717) is 23.7 Å². The SMILES string of the molecule is CCCCc1ccc(C2CCC(C(O)C3CCC(C=CC#N)CC3)CC2)cc1. The van der Waals surface area contributed by atoms with Gasteiger partial charge in [0.05, 0.1) is 12.2 Å². The highest BCUT2D eigenvalue weighted by molar-refractivity contribution is 5.26. The van der Waals surface area contributed by atoms with E-state index >= 15 is 0 Å². The minimum atomic E-state index is -0.127. The summed E-state index contributed by atoms with van der Waals surface area (Å²) >= 11 is 0. The molecule has 0 bridgehead atoms. The number of aliphatic hydroxyl groups excluding tert-OH is 1. The van der Waals surface area contributed by atoms with E-state index in [1.807, 2.05) is 0 Å². The van der Waals surface area contributed by atoms with Crippen LogP contribution in [0.15, 0.2) is 36.4 Å². The van der Waals surface area contributed by atoms with Crippen LogP contribution in [0.1, 0.15) is 88.2 Å². The Labute approximate surface area is 171 Å². The Bertz CT molecular complexity index is 640. The van der Waals surface area contributed by atoms with Crippen molar-refractivity contribution >= 4 is 0 Å². The molecule has 2 aliphatic carbocycles. The zero-order chi connectivity index (χ0) is 19.8. The van der Waals surface area contributed by atoms with Crippen molar-refractivity contribution in [2.75, 3.05) is 0 Å². The molecule has 0 saturated heterocycles. The normalized spacial score (nSPS) is 29.5. The van der Waals surface area contributed by atoms with E-state index in [-0.39, 0.29) is 6.10 Å². The maximum atomic E-state index is 11.0. The molecule has 2 saturated carbocycles. The zero-order valence-electron chi connectivity index (χ0n) is 17.5. The molecule has 1 aromatic rings. The fraction of sp³-hybridized carbons (Fsp3) is 0.654. The van der Waals surface area contributed by atoms with Crippen LogP contribution in [0.2, 0.25) is 0 Å². The number of aryl methyl sites for hydroxylation is 1. The lowest BCUT2D eigenvalue weighted by Crippen LogP contribution is -2.34. The van der Waals surface area contributed by atoms with Gasteiger partial charge in [-0.15, -0.1) is 0 Å². The molecule has 28 heavy (non-hydrogen) atoms. The van der Waals surface area contributed by atoms with Crippen molar-refractivity contribution in [3.05, 3.63) is 47.5 Å². The summed E-state index contributed by atoms with van der Waals surface area (Å²) in [5.74, 6) is 2.16. The van der Waals surface area contributed by atoms with Gasteiger partial charge in [0.1, 0.15) is 0 Å². The molecular formula is C26H37NO. The molecular weight excluding hydrogens is 342 g/mol. The van der Waals surface area contributed by atoms with Crippen LogP contribution in [0.5, 0.6) is 0 Å². The van der Waals surface area contributed by atoms with Crippen LogP contribution in [-0.4, -0.2) is 11.2 Å². The van der Waals surface area contributed by atoms with Gasteiger partial charge in [-0.2, -0.15) is 5.26 Å². The van der Waals surface area contributed by atoms with Crippen molar-refractivity contribution in [3.63, 3.8) is 0 Å². The maximum absolute atomic E-state index is 11.0. The van der Waals surface area contributed by atoms with Gasteiger partial charge in [0, 0.05) is 6.08 Å². The monoisotopic (exact) mass is 379 g/mol. The van der Waals surface area contributed by atoms with Crippen molar-refractivity contribution in [3.8, 4) is 6.07 Å². The number of unbranched alkanes of at least 4 members (excludes halogenated alkanes) is 1. The molecule has 2 fully saturated rings. The molecule has 152 valence electrons. The van der Waals surface area contributed by atoms with Crippen LogP contribution < -0.4 is 0 Å². The van der Waals surface area contributed by atoms with E-state index in [9.17, 15) is 5.11 Å². The topological polar surface area (TPSA) is 44.0 Å². The fourth-order valence-corrected chi connectivity index (χ4v) is 5.37. The Balaban J connectivity index is 1.45. The molecule has 2 nitrogen and oxygen atoms in total. The summed E-state index contributed by atoms with van der Waals surface area (Å²) in [5, 5.41) is 19.6. The Morgan fingerprint density at radius 1 is 1.00 bits per heavy atom. The second-order valence-electron chi connectivity index (χ2n) is 9.11. The molecule has 0 spiro atoms. The van der Waals surface area contributed by atoms with Crippen molar-refractivity contribution in [1.29, 1.82) is 5.26 Å². The summed E-state index contributed by atoms with van der Waals surface area (Å²) in [4.78, 5) is 0.